The van der Waals surface area contributed by atoms with Gasteiger partial charge in [-0.05, 0) is 61.6 Å². The van der Waals surface area contributed by atoms with Crippen molar-refractivity contribution in [3.63, 3.8) is 0 Å². The molecule has 0 aromatic heterocycles. The molecule has 30 heavy (non-hydrogen) atoms. The third-order valence-electron chi connectivity index (χ3n) is 6.08. The number of carboxylic acid groups (broad SMARTS) is 1. The van der Waals surface area contributed by atoms with E-state index in [4.69, 9.17) is 0 Å². The monoisotopic (exact) mass is 404 g/mol. The van der Waals surface area contributed by atoms with E-state index in [2.05, 4.69) is 5.32 Å². The molecule has 2 aliphatic carbocycles. The lowest BCUT2D eigenvalue weighted by Crippen LogP contribution is -2.36. The fraction of sp³-hybridized carbons (Fsp3) is 0.292. The average Bonchev–Trinajstić information content (AvgIpc) is 3.37. The minimum atomic E-state index is -0.923. The van der Waals surface area contributed by atoms with Gasteiger partial charge in [-0.2, -0.15) is 0 Å². The Morgan fingerprint density at radius 1 is 0.967 bits per heavy atom. The summed E-state index contributed by atoms with van der Waals surface area (Å²) in [5.74, 6) is -2.66. The highest BCUT2D eigenvalue weighted by molar-refractivity contribution is 6.06. The van der Waals surface area contributed by atoms with Gasteiger partial charge < -0.3 is 15.3 Å². The molecule has 2 bridgehead atoms. The van der Waals surface area contributed by atoms with E-state index >= 15 is 0 Å². The second-order valence-corrected chi connectivity index (χ2v) is 7.79. The van der Waals surface area contributed by atoms with Crippen molar-refractivity contribution in [2.45, 2.75) is 13.3 Å². The van der Waals surface area contributed by atoms with Gasteiger partial charge in [-0.3, -0.25) is 14.4 Å². The number of nitrogens with zero attached hydrogens (tertiary/aromatic N) is 1. The summed E-state index contributed by atoms with van der Waals surface area (Å²) in [5.41, 5.74) is 1.90. The lowest BCUT2D eigenvalue weighted by Gasteiger charge is -2.24. The molecule has 2 aromatic rings. The number of hydrogen-bond donors (Lipinski definition) is 2. The number of anilines is 2. The summed E-state index contributed by atoms with van der Waals surface area (Å²) in [6.07, 6.45) is 4.59. The van der Waals surface area contributed by atoms with Crippen LogP contribution < -0.4 is 10.2 Å². The molecule has 154 valence electrons. The molecule has 0 spiro atoms. The van der Waals surface area contributed by atoms with Gasteiger partial charge in [-0.1, -0.05) is 30.4 Å². The standard InChI is InChI=1S/C24H24N2O4/c1-2-26(19-6-4-3-5-7-19)23(28)15-10-12-18(13-11-15)25-22(27)20-16-8-9-17(14-16)21(20)24(29)30/h3-13,16-17,20-21H,2,14H2,1H3,(H,25,27)(H,29,30)/t16-,17-,20-,21+/m0/s1. The third kappa shape index (κ3) is 3.61. The lowest BCUT2D eigenvalue weighted by atomic mass is 9.82. The average molecular weight is 404 g/mol. The number of carbonyl (C=O) groups excluding carboxylic acids is 2. The van der Waals surface area contributed by atoms with Crippen LogP contribution in [0.5, 0.6) is 0 Å². The molecule has 4 atom stereocenters. The van der Waals surface area contributed by atoms with Crippen LogP contribution in [0.25, 0.3) is 0 Å². The van der Waals surface area contributed by atoms with Gasteiger partial charge in [-0.15, -0.1) is 0 Å². The van der Waals surface area contributed by atoms with Gasteiger partial charge in [-0.25, -0.2) is 0 Å². The highest BCUT2D eigenvalue weighted by Gasteiger charge is 2.51. The number of benzene rings is 2. The predicted molar refractivity (Wildman–Crippen MR) is 114 cm³/mol. The number of nitrogens with one attached hydrogen (secondary N) is 1. The second kappa shape index (κ2) is 8.14. The number of hydrogen-bond acceptors (Lipinski definition) is 3. The summed E-state index contributed by atoms with van der Waals surface area (Å²) >= 11 is 0. The SMILES string of the molecule is CCN(C(=O)c1ccc(NC(=O)[C@@H]2[C@H](C(=O)O)[C@H]3C=C[C@H]2C3)cc1)c1ccccc1. The molecule has 0 heterocycles. The Morgan fingerprint density at radius 2 is 1.60 bits per heavy atom. The molecule has 2 N–H and O–H groups in total. The number of fused-ring (bicyclic) bond motifs is 2. The topological polar surface area (TPSA) is 86.7 Å². The molecule has 1 saturated carbocycles. The van der Waals surface area contributed by atoms with E-state index in [1.54, 1.807) is 29.2 Å². The van der Waals surface area contributed by atoms with E-state index in [0.29, 0.717) is 17.8 Å². The number of aliphatic carboxylic acids is 1. The summed E-state index contributed by atoms with van der Waals surface area (Å²) in [6, 6.07) is 16.2. The van der Waals surface area contributed by atoms with Crippen molar-refractivity contribution in [1.29, 1.82) is 0 Å². The van der Waals surface area contributed by atoms with Crippen LogP contribution in [0.2, 0.25) is 0 Å². The molecule has 1 fully saturated rings. The maximum Gasteiger partial charge on any atom is 0.307 e. The molecular weight excluding hydrogens is 380 g/mol. The first-order valence-electron chi connectivity index (χ1n) is 10.2. The zero-order chi connectivity index (χ0) is 21.3. The highest BCUT2D eigenvalue weighted by atomic mass is 16.4. The first kappa shape index (κ1) is 19.9. The first-order valence-corrected chi connectivity index (χ1v) is 10.2. The number of rotatable bonds is 6. The lowest BCUT2D eigenvalue weighted by molar-refractivity contribution is -0.146. The molecule has 0 aliphatic heterocycles. The van der Waals surface area contributed by atoms with Crippen molar-refractivity contribution in [2.75, 3.05) is 16.8 Å². The fourth-order valence-electron chi connectivity index (χ4n) is 4.65. The van der Waals surface area contributed by atoms with Gasteiger partial charge in [0.25, 0.3) is 5.91 Å². The Morgan fingerprint density at radius 3 is 2.20 bits per heavy atom. The van der Waals surface area contributed by atoms with Crippen LogP contribution in [-0.4, -0.2) is 29.4 Å². The van der Waals surface area contributed by atoms with E-state index in [1.807, 2.05) is 49.4 Å². The minimum absolute atomic E-state index is 0.0269. The summed E-state index contributed by atoms with van der Waals surface area (Å²) < 4.78 is 0. The van der Waals surface area contributed by atoms with Gasteiger partial charge in [0.1, 0.15) is 0 Å². The molecule has 4 rings (SSSR count). The molecular formula is C24H24N2O4. The molecule has 0 unspecified atom stereocenters. The van der Waals surface area contributed by atoms with Crippen molar-refractivity contribution < 1.29 is 19.5 Å². The van der Waals surface area contributed by atoms with Crippen molar-refractivity contribution in [3.8, 4) is 0 Å². The maximum atomic E-state index is 12.9. The van der Waals surface area contributed by atoms with Crippen LogP contribution in [0.4, 0.5) is 11.4 Å². The van der Waals surface area contributed by atoms with Crippen molar-refractivity contribution in [2.24, 2.45) is 23.7 Å². The Labute approximate surface area is 175 Å². The summed E-state index contributed by atoms with van der Waals surface area (Å²) in [6.45, 7) is 2.46. The van der Waals surface area contributed by atoms with Crippen LogP contribution in [-0.2, 0) is 9.59 Å². The molecule has 2 aromatic carbocycles. The Bertz CT molecular complexity index is 984. The number of carbonyl (C=O) groups is 3. The van der Waals surface area contributed by atoms with Crippen LogP contribution in [0, 0.1) is 23.7 Å². The summed E-state index contributed by atoms with van der Waals surface area (Å²) in [5, 5.41) is 12.4. The first-order chi connectivity index (χ1) is 14.5. The molecule has 6 heteroatoms. The van der Waals surface area contributed by atoms with Crippen molar-refractivity contribution in [1.82, 2.24) is 0 Å². The number of carboxylic acids is 1. The fourth-order valence-corrected chi connectivity index (χ4v) is 4.65. The molecule has 0 radical (unpaired) electrons. The zero-order valence-corrected chi connectivity index (χ0v) is 16.7. The Hall–Kier alpha value is -3.41. The third-order valence-corrected chi connectivity index (χ3v) is 6.08. The van der Waals surface area contributed by atoms with Crippen LogP contribution in [0.15, 0.2) is 66.7 Å². The van der Waals surface area contributed by atoms with E-state index in [-0.39, 0.29) is 23.7 Å². The molecule has 0 saturated heterocycles. The van der Waals surface area contributed by atoms with Gasteiger partial charge in [0.05, 0.1) is 11.8 Å². The van der Waals surface area contributed by atoms with Crippen molar-refractivity contribution in [3.05, 3.63) is 72.3 Å². The smallest absolute Gasteiger partial charge is 0.307 e. The normalized spacial score (nSPS) is 23.9. The van der Waals surface area contributed by atoms with E-state index in [0.717, 1.165) is 12.1 Å². The van der Waals surface area contributed by atoms with Crippen LogP contribution >= 0.6 is 0 Å². The zero-order valence-electron chi connectivity index (χ0n) is 16.7. The van der Waals surface area contributed by atoms with Gasteiger partial charge in [0.2, 0.25) is 5.91 Å². The quantitative estimate of drug-likeness (QED) is 0.717. The summed E-state index contributed by atoms with van der Waals surface area (Å²) in [4.78, 5) is 39.0. The molecule has 2 amide bonds. The van der Waals surface area contributed by atoms with Gasteiger partial charge >= 0.3 is 5.97 Å². The Balaban J connectivity index is 1.46. The largest absolute Gasteiger partial charge is 0.481 e. The maximum absolute atomic E-state index is 12.9. The van der Waals surface area contributed by atoms with Crippen LogP contribution in [0.1, 0.15) is 23.7 Å². The van der Waals surface area contributed by atoms with Crippen molar-refractivity contribution >= 4 is 29.2 Å². The predicted octanol–water partition coefficient (Wildman–Crippen LogP) is 3.81. The van der Waals surface area contributed by atoms with E-state index in [1.165, 1.54) is 0 Å². The molecule has 2 aliphatic rings. The minimum Gasteiger partial charge on any atom is -0.481 e. The second-order valence-electron chi connectivity index (χ2n) is 7.79. The highest BCUT2D eigenvalue weighted by Crippen LogP contribution is 2.48. The number of allylic oxidation sites excluding steroid dienone is 2. The number of para-hydroxylation sites is 1. The van der Waals surface area contributed by atoms with E-state index < -0.39 is 17.8 Å². The van der Waals surface area contributed by atoms with Gasteiger partial charge in [0, 0.05) is 23.5 Å². The molecule has 6 nitrogen and oxygen atoms in total. The Kier molecular flexibility index (Phi) is 5.40. The van der Waals surface area contributed by atoms with E-state index in [9.17, 15) is 19.5 Å². The number of amides is 2. The van der Waals surface area contributed by atoms with Gasteiger partial charge in [0.15, 0.2) is 0 Å². The van der Waals surface area contributed by atoms with Crippen LogP contribution in [0.3, 0.4) is 0 Å². The summed E-state index contributed by atoms with van der Waals surface area (Å²) in [7, 11) is 0.